The van der Waals surface area contributed by atoms with Gasteiger partial charge in [0.05, 0.1) is 19.8 Å². The Labute approximate surface area is 96.0 Å². The summed E-state index contributed by atoms with van der Waals surface area (Å²) in [6.45, 7) is 1.98. The van der Waals surface area contributed by atoms with Gasteiger partial charge < -0.3 is 14.6 Å². The minimum atomic E-state index is -0.506. The van der Waals surface area contributed by atoms with Gasteiger partial charge in [-0.1, -0.05) is 12.1 Å². The highest BCUT2D eigenvalue weighted by atomic mass is 16.5. The van der Waals surface area contributed by atoms with E-state index in [0.717, 1.165) is 35.5 Å². The Kier molecular flexibility index (Phi) is 2.80. The van der Waals surface area contributed by atoms with Gasteiger partial charge in [-0.25, -0.2) is 0 Å². The molecule has 0 radical (unpaired) electrons. The van der Waals surface area contributed by atoms with Crippen LogP contribution >= 0.6 is 0 Å². The summed E-state index contributed by atoms with van der Waals surface area (Å²) in [6.07, 6.45) is 2.41. The van der Waals surface area contributed by atoms with Gasteiger partial charge in [-0.3, -0.25) is 0 Å². The third kappa shape index (κ3) is 2.00. The summed E-state index contributed by atoms with van der Waals surface area (Å²) in [5.74, 6) is 1.52. The van der Waals surface area contributed by atoms with Crippen molar-refractivity contribution in [1.82, 2.24) is 0 Å². The van der Waals surface area contributed by atoms with Crippen molar-refractivity contribution in [2.24, 2.45) is 0 Å². The number of hydrogen-bond donors (Lipinski definition) is 1. The molecule has 88 valence electrons. The van der Waals surface area contributed by atoms with E-state index in [1.165, 1.54) is 0 Å². The first kappa shape index (κ1) is 11.3. The Morgan fingerprint density at radius 1 is 1.19 bits per heavy atom. The number of aliphatic hydroxyl groups is 1. The summed E-state index contributed by atoms with van der Waals surface area (Å²) in [4.78, 5) is 0. The zero-order chi connectivity index (χ0) is 11.8. The van der Waals surface area contributed by atoms with Crippen LogP contribution in [-0.2, 0) is 6.42 Å². The quantitative estimate of drug-likeness (QED) is 0.847. The first-order valence-corrected chi connectivity index (χ1v) is 5.52. The molecule has 1 N–H and O–H groups in total. The van der Waals surface area contributed by atoms with Gasteiger partial charge in [0.15, 0.2) is 11.5 Å². The third-order valence-corrected chi connectivity index (χ3v) is 3.15. The lowest BCUT2D eigenvalue weighted by Gasteiger charge is -2.16. The smallest absolute Gasteiger partial charge is 0.164 e. The highest BCUT2D eigenvalue weighted by Gasteiger charge is 2.41. The van der Waals surface area contributed by atoms with E-state index in [4.69, 9.17) is 9.47 Å². The Morgan fingerprint density at radius 2 is 1.81 bits per heavy atom. The van der Waals surface area contributed by atoms with E-state index in [1.807, 2.05) is 19.1 Å². The molecule has 1 saturated carbocycles. The van der Waals surface area contributed by atoms with Gasteiger partial charge in [-0.15, -0.1) is 0 Å². The van der Waals surface area contributed by atoms with Crippen molar-refractivity contribution in [3.05, 3.63) is 23.3 Å². The largest absolute Gasteiger partial charge is 0.493 e. The van der Waals surface area contributed by atoms with Crippen molar-refractivity contribution in [2.75, 3.05) is 14.2 Å². The van der Waals surface area contributed by atoms with Crippen molar-refractivity contribution in [3.8, 4) is 11.5 Å². The molecule has 0 amide bonds. The number of hydrogen-bond acceptors (Lipinski definition) is 3. The normalized spacial score (nSPS) is 17.0. The molecule has 0 saturated heterocycles. The molecule has 0 aromatic heterocycles. The van der Waals surface area contributed by atoms with E-state index in [0.29, 0.717) is 6.42 Å². The average molecular weight is 222 g/mol. The second-order valence-electron chi connectivity index (χ2n) is 4.51. The predicted molar refractivity (Wildman–Crippen MR) is 62.2 cm³/mol. The molecule has 0 bridgehead atoms. The van der Waals surface area contributed by atoms with Crippen LogP contribution in [0, 0.1) is 6.92 Å². The monoisotopic (exact) mass is 222 g/mol. The Morgan fingerprint density at radius 3 is 2.31 bits per heavy atom. The van der Waals surface area contributed by atoms with Crippen LogP contribution in [0.1, 0.15) is 24.0 Å². The van der Waals surface area contributed by atoms with E-state index in [1.54, 1.807) is 14.2 Å². The Bertz CT molecular complexity index is 394. The molecule has 3 heteroatoms. The first-order valence-electron chi connectivity index (χ1n) is 5.52. The van der Waals surface area contributed by atoms with Gasteiger partial charge in [0.2, 0.25) is 0 Å². The maximum Gasteiger partial charge on any atom is 0.164 e. The molecule has 1 aromatic rings. The number of ether oxygens (including phenoxy) is 2. The molecule has 0 unspecified atom stereocenters. The van der Waals surface area contributed by atoms with Crippen LogP contribution in [0.2, 0.25) is 0 Å². The van der Waals surface area contributed by atoms with Crippen LogP contribution in [0.3, 0.4) is 0 Å². The van der Waals surface area contributed by atoms with Gasteiger partial charge in [0.1, 0.15) is 0 Å². The fourth-order valence-electron chi connectivity index (χ4n) is 1.99. The van der Waals surface area contributed by atoms with E-state index in [2.05, 4.69) is 0 Å². The van der Waals surface area contributed by atoms with Gasteiger partial charge in [0, 0.05) is 12.0 Å². The van der Waals surface area contributed by atoms with E-state index in [-0.39, 0.29) is 0 Å². The maximum absolute atomic E-state index is 9.94. The molecule has 0 aliphatic heterocycles. The summed E-state index contributed by atoms with van der Waals surface area (Å²) in [6, 6.07) is 4.01. The Balaban J connectivity index is 2.36. The SMILES string of the molecule is COc1c(C)ccc(CC2(O)CC2)c1OC. The van der Waals surface area contributed by atoms with Crippen molar-refractivity contribution in [1.29, 1.82) is 0 Å². The molecule has 0 heterocycles. The maximum atomic E-state index is 9.94. The van der Waals surface area contributed by atoms with Crippen LogP contribution < -0.4 is 9.47 Å². The molecule has 1 aliphatic rings. The van der Waals surface area contributed by atoms with Crippen LogP contribution in [0.25, 0.3) is 0 Å². The van der Waals surface area contributed by atoms with Gasteiger partial charge in [-0.05, 0) is 25.3 Å². The number of rotatable bonds is 4. The van der Waals surface area contributed by atoms with E-state index >= 15 is 0 Å². The molecule has 0 spiro atoms. The average Bonchev–Trinajstić information content (AvgIpc) is 2.98. The second-order valence-corrected chi connectivity index (χ2v) is 4.51. The lowest BCUT2D eigenvalue weighted by molar-refractivity contribution is 0.149. The summed E-state index contributed by atoms with van der Waals surface area (Å²) >= 11 is 0. The van der Waals surface area contributed by atoms with Crippen LogP contribution in [-0.4, -0.2) is 24.9 Å². The van der Waals surface area contributed by atoms with Crippen LogP contribution in [0.5, 0.6) is 11.5 Å². The zero-order valence-electron chi connectivity index (χ0n) is 10.0. The van der Waals surface area contributed by atoms with Crippen molar-refractivity contribution in [2.45, 2.75) is 31.8 Å². The molecule has 16 heavy (non-hydrogen) atoms. The highest BCUT2D eigenvalue weighted by Crippen LogP contribution is 2.43. The lowest BCUT2D eigenvalue weighted by atomic mass is 10.0. The first-order chi connectivity index (χ1) is 7.59. The summed E-state index contributed by atoms with van der Waals surface area (Å²) in [7, 11) is 3.28. The molecule has 2 rings (SSSR count). The second kappa shape index (κ2) is 3.98. The minimum Gasteiger partial charge on any atom is -0.493 e. The topological polar surface area (TPSA) is 38.7 Å². The molecule has 3 nitrogen and oxygen atoms in total. The molecular formula is C13H18O3. The fraction of sp³-hybridized carbons (Fsp3) is 0.538. The van der Waals surface area contributed by atoms with Gasteiger partial charge in [0.25, 0.3) is 0 Å². The van der Waals surface area contributed by atoms with Crippen molar-refractivity contribution in [3.63, 3.8) is 0 Å². The Hall–Kier alpha value is -1.22. The molecule has 1 aromatic carbocycles. The van der Waals surface area contributed by atoms with Gasteiger partial charge >= 0.3 is 0 Å². The highest BCUT2D eigenvalue weighted by molar-refractivity contribution is 5.52. The minimum absolute atomic E-state index is 0.506. The fourth-order valence-corrected chi connectivity index (χ4v) is 1.99. The number of aryl methyl sites for hydroxylation is 1. The molecular weight excluding hydrogens is 204 g/mol. The van der Waals surface area contributed by atoms with Crippen LogP contribution in [0.15, 0.2) is 12.1 Å². The predicted octanol–water partition coefficient (Wildman–Crippen LogP) is 2.08. The molecule has 1 fully saturated rings. The lowest BCUT2D eigenvalue weighted by Crippen LogP contribution is -2.12. The molecule has 0 atom stereocenters. The molecule has 1 aliphatic carbocycles. The van der Waals surface area contributed by atoms with Crippen LogP contribution in [0.4, 0.5) is 0 Å². The van der Waals surface area contributed by atoms with Crippen molar-refractivity contribution < 1.29 is 14.6 Å². The van der Waals surface area contributed by atoms with E-state index < -0.39 is 5.60 Å². The standard InChI is InChI=1S/C13H18O3/c1-9-4-5-10(8-13(14)6-7-13)12(16-3)11(9)15-2/h4-5,14H,6-8H2,1-3H3. The number of benzene rings is 1. The summed E-state index contributed by atoms with van der Waals surface area (Å²) in [5.41, 5.74) is 1.56. The summed E-state index contributed by atoms with van der Waals surface area (Å²) < 4.78 is 10.7. The van der Waals surface area contributed by atoms with Gasteiger partial charge in [-0.2, -0.15) is 0 Å². The van der Waals surface area contributed by atoms with E-state index in [9.17, 15) is 5.11 Å². The zero-order valence-corrected chi connectivity index (χ0v) is 10.0. The number of methoxy groups -OCH3 is 2. The summed E-state index contributed by atoms with van der Waals surface area (Å²) in [5, 5.41) is 9.94. The third-order valence-electron chi connectivity index (χ3n) is 3.15. The van der Waals surface area contributed by atoms with Crippen molar-refractivity contribution >= 4 is 0 Å².